The number of carbonyl (C=O) groups is 1. The highest BCUT2D eigenvalue weighted by Gasteiger charge is 2.23. The minimum absolute atomic E-state index is 0.743. The van der Waals surface area contributed by atoms with Gasteiger partial charge < -0.3 is 10.1 Å². The molecular formula is C20H17NO2. The van der Waals surface area contributed by atoms with Gasteiger partial charge in [-0.2, -0.15) is 0 Å². The van der Waals surface area contributed by atoms with Gasteiger partial charge in [0.15, 0.2) is 0 Å². The lowest BCUT2D eigenvalue weighted by molar-refractivity contribution is -0.131. The summed E-state index contributed by atoms with van der Waals surface area (Å²) >= 11 is 0. The van der Waals surface area contributed by atoms with E-state index in [0.717, 1.165) is 34.2 Å². The minimum Gasteiger partial charge on any atom is -0.478 e. The van der Waals surface area contributed by atoms with E-state index in [9.17, 15) is 4.79 Å². The molecule has 3 aromatic rings. The Hall–Kier alpha value is -2.81. The monoisotopic (exact) mass is 303 g/mol. The van der Waals surface area contributed by atoms with Crippen molar-refractivity contribution in [2.24, 2.45) is 0 Å². The normalized spacial score (nSPS) is 14.6. The van der Waals surface area contributed by atoms with Gasteiger partial charge in [-0.25, -0.2) is 4.79 Å². The number of H-pyrrole nitrogens is 1. The summed E-state index contributed by atoms with van der Waals surface area (Å²) in [5, 5.41) is 9.81. The molecule has 0 saturated heterocycles. The van der Waals surface area contributed by atoms with E-state index in [4.69, 9.17) is 5.11 Å². The van der Waals surface area contributed by atoms with Crippen molar-refractivity contribution in [3.63, 3.8) is 0 Å². The summed E-state index contributed by atoms with van der Waals surface area (Å²) in [5.41, 5.74) is 5.67. The van der Waals surface area contributed by atoms with E-state index in [-0.39, 0.29) is 0 Å². The summed E-state index contributed by atoms with van der Waals surface area (Å²) in [7, 11) is 0. The molecule has 0 unspecified atom stereocenters. The van der Waals surface area contributed by atoms with Crippen molar-refractivity contribution in [1.29, 1.82) is 0 Å². The average molecular weight is 303 g/mol. The lowest BCUT2D eigenvalue weighted by Gasteiger charge is -2.02. The average Bonchev–Trinajstić information content (AvgIpc) is 3.32. The number of carboxylic acid groups (broad SMARTS) is 1. The van der Waals surface area contributed by atoms with Gasteiger partial charge in [-0.3, -0.25) is 0 Å². The highest BCUT2D eigenvalue weighted by molar-refractivity contribution is 5.90. The van der Waals surface area contributed by atoms with E-state index in [1.807, 2.05) is 18.2 Å². The van der Waals surface area contributed by atoms with Gasteiger partial charge in [-0.15, -0.1) is 0 Å². The Kier molecular flexibility index (Phi) is 3.27. The van der Waals surface area contributed by atoms with Crippen molar-refractivity contribution in [3.05, 3.63) is 65.7 Å². The number of nitrogens with one attached hydrogen (secondary N) is 1. The molecule has 4 rings (SSSR count). The van der Waals surface area contributed by atoms with Crippen molar-refractivity contribution in [2.75, 3.05) is 0 Å². The molecule has 0 amide bonds. The summed E-state index contributed by atoms with van der Waals surface area (Å²) in [6, 6.07) is 16.8. The van der Waals surface area contributed by atoms with Gasteiger partial charge >= 0.3 is 5.97 Å². The highest BCUT2D eigenvalue weighted by atomic mass is 16.4. The SMILES string of the molecule is O=C(O)/C=C/c1ccc2[nH]c(-c3cccc(C4CC4)c3)cc2c1. The molecule has 0 aliphatic heterocycles. The van der Waals surface area contributed by atoms with Crippen molar-refractivity contribution in [2.45, 2.75) is 18.8 Å². The third kappa shape index (κ3) is 2.90. The van der Waals surface area contributed by atoms with Crippen LogP contribution in [0.15, 0.2) is 54.6 Å². The quantitative estimate of drug-likeness (QED) is 0.679. The number of aliphatic carboxylic acids is 1. The largest absolute Gasteiger partial charge is 0.478 e. The van der Waals surface area contributed by atoms with Crippen LogP contribution in [-0.2, 0) is 4.79 Å². The maximum Gasteiger partial charge on any atom is 0.328 e. The van der Waals surface area contributed by atoms with Gasteiger partial charge in [0.1, 0.15) is 0 Å². The van der Waals surface area contributed by atoms with Crippen LogP contribution in [0.3, 0.4) is 0 Å². The first kappa shape index (κ1) is 13.8. The molecule has 1 aromatic heterocycles. The fourth-order valence-corrected chi connectivity index (χ4v) is 2.95. The van der Waals surface area contributed by atoms with Crippen LogP contribution in [0.2, 0.25) is 0 Å². The second-order valence-corrected chi connectivity index (χ2v) is 6.10. The minimum atomic E-state index is -0.934. The van der Waals surface area contributed by atoms with E-state index in [1.54, 1.807) is 6.08 Å². The first-order valence-corrected chi connectivity index (χ1v) is 7.83. The maximum atomic E-state index is 10.6. The predicted octanol–water partition coefficient (Wildman–Crippen LogP) is 4.81. The third-order valence-corrected chi connectivity index (χ3v) is 4.31. The summed E-state index contributed by atoms with van der Waals surface area (Å²) < 4.78 is 0. The Balaban J connectivity index is 1.71. The Labute approximate surface area is 134 Å². The van der Waals surface area contributed by atoms with Crippen LogP contribution >= 0.6 is 0 Å². The highest BCUT2D eigenvalue weighted by Crippen LogP contribution is 2.41. The zero-order valence-corrected chi connectivity index (χ0v) is 12.6. The van der Waals surface area contributed by atoms with Gasteiger partial charge in [-0.05, 0) is 65.8 Å². The van der Waals surface area contributed by atoms with Crippen molar-refractivity contribution in [3.8, 4) is 11.3 Å². The molecule has 3 nitrogen and oxygen atoms in total. The molecule has 1 aliphatic rings. The summed E-state index contributed by atoms with van der Waals surface area (Å²) in [6.45, 7) is 0. The van der Waals surface area contributed by atoms with Crippen LogP contribution < -0.4 is 0 Å². The number of rotatable bonds is 4. The molecule has 1 fully saturated rings. The molecule has 2 N–H and O–H groups in total. The van der Waals surface area contributed by atoms with Crippen molar-refractivity contribution in [1.82, 2.24) is 4.98 Å². The lowest BCUT2D eigenvalue weighted by atomic mass is 10.0. The first-order chi connectivity index (χ1) is 11.2. The van der Waals surface area contributed by atoms with Crippen LogP contribution in [0, 0.1) is 0 Å². The molecule has 0 radical (unpaired) electrons. The fraction of sp³-hybridized carbons (Fsp3) is 0.150. The van der Waals surface area contributed by atoms with Crippen molar-refractivity contribution < 1.29 is 9.90 Å². The van der Waals surface area contributed by atoms with Crippen LogP contribution in [0.1, 0.15) is 29.9 Å². The third-order valence-electron chi connectivity index (χ3n) is 4.31. The molecule has 3 heteroatoms. The Bertz CT molecular complexity index is 916. The molecular weight excluding hydrogens is 286 g/mol. The number of fused-ring (bicyclic) bond motifs is 1. The summed E-state index contributed by atoms with van der Waals surface area (Å²) in [6.07, 6.45) is 5.38. The van der Waals surface area contributed by atoms with Crippen LogP contribution in [0.5, 0.6) is 0 Å². The van der Waals surface area contributed by atoms with Gasteiger partial charge in [0.05, 0.1) is 0 Å². The smallest absolute Gasteiger partial charge is 0.328 e. The maximum absolute atomic E-state index is 10.6. The lowest BCUT2D eigenvalue weighted by Crippen LogP contribution is -1.85. The number of carboxylic acids is 1. The number of hydrogen-bond acceptors (Lipinski definition) is 1. The fourth-order valence-electron chi connectivity index (χ4n) is 2.95. The van der Waals surface area contributed by atoms with Gasteiger partial charge in [0.2, 0.25) is 0 Å². The Morgan fingerprint density at radius 1 is 1.13 bits per heavy atom. The number of benzene rings is 2. The number of aromatic amines is 1. The molecule has 0 bridgehead atoms. The van der Waals surface area contributed by atoms with Crippen LogP contribution in [0.4, 0.5) is 0 Å². The first-order valence-electron chi connectivity index (χ1n) is 7.83. The molecule has 114 valence electrons. The van der Waals surface area contributed by atoms with E-state index in [0.29, 0.717) is 0 Å². The molecule has 1 heterocycles. The van der Waals surface area contributed by atoms with Gasteiger partial charge in [0.25, 0.3) is 0 Å². The molecule has 23 heavy (non-hydrogen) atoms. The van der Waals surface area contributed by atoms with E-state index >= 15 is 0 Å². The zero-order valence-electron chi connectivity index (χ0n) is 12.6. The zero-order chi connectivity index (χ0) is 15.8. The Morgan fingerprint density at radius 3 is 2.78 bits per heavy atom. The summed E-state index contributed by atoms with van der Waals surface area (Å²) in [4.78, 5) is 14.1. The number of hydrogen-bond donors (Lipinski definition) is 2. The second-order valence-electron chi connectivity index (χ2n) is 6.10. The molecule has 1 aliphatic carbocycles. The second kappa shape index (κ2) is 5.43. The predicted molar refractivity (Wildman–Crippen MR) is 92.4 cm³/mol. The van der Waals surface area contributed by atoms with Gasteiger partial charge in [0, 0.05) is 22.7 Å². The molecule has 2 aromatic carbocycles. The molecule has 0 atom stereocenters. The van der Waals surface area contributed by atoms with E-state index in [1.165, 1.54) is 24.0 Å². The van der Waals surface area contributed by atoms with Crippen LogP contribution in [-0.4, -0.2) is 16.1 Å². The molecule has 0 spiro atoms. The number of aromatic nitrogens is 1. The van der Waals surface area contributed by atoms with Gasteiger partial charge in [-0.1, -0.05) is 24.3 Å². The molecule has 1 saturated carbocycles. The Morgan fingerprint density at radius 2 is 2.00 bits per heavy atom. The van der Waals surface area contributed by atoms with E-state index in [2.05, 4.69) is 35.3 Å². The summed E-state index contributed by atoms with van der Waals surface area (Å²) in [5.74, 6) is -0.191. The van der Waals surface area contributed by atoms with Crippen LogP contribution in [0.25, 0.3) is 28.2 Å². The van der Waals surface area contributed by atoms with E-state index < -0.39 is 5.97 Å². The topological polar surface area (TPSA) is 53.1 Å². The van der Waals surface area contributed by atoms with Crippen molar-refractivity contribution >= 4 is 22.9 Å². The standard InChI is InChI=1S/C20H17NO2/c22-20(23)9-5-13-4-8-18-17(10-13)12-19(21-18)16-3-1-2-15(11-16)14-6-7-14/h1-5,8-12,14,21H,6-7H2,(H,22,23)/b9-5+.